The number of unbranched alkanes of at least 4 members (excludes halogenated alkanes) is 1. The number of carbonyl (C=O) groups excluding carboxylic acids is 2. The van der Waals surface area contributed by atoms with Gasteiger partial charge in [-0.05, 0) is 73.7 Å². The van der Waals surface area contributed by atoms with Crippen LogP contribution in [-0.4, -0.2) is 44.3 Å². The molecule has 0 aromatic heterocycles. The molecule has 0 heterocycles. The van der Waals surface area contributed by atoms with Crippen LogP contribution >= 0.6 is 0 Å². The van der Waals surface area contributed by atoms with Crippen LogP contribution in [0.2, 0.25) is 0 Å². The van der Waals surface area contributed by atoms with Crippen molar-refractivity contribution < 1.29 is 22.4 Å². The van der Waals surface area contributed by atoms with Gasteiger partial charge in [0.05, 0.1) is 10.6 Å². The number of aryl methyl sites for hydroxylation is 1. The molecule has 0 bridgehead atoms. The van der Waals surface area contributed by atoms with E-state index in [1.807, 2.05) is 39.8 Å². The number of sulfonamides is 1. The zero-order chi connectivity index (χ0) is 30.2. The van der Waals surface area contributed by atoms with Crippen LogP contribution in [0.1, 0.15) is 63.1 Å². The molecule has 41 heavy (non-hydrogen) atoms. The molecule has 1 atom stereocenters. The highest BCUT2D eigenvalue weighted by Crippen LogP contribution is 2.27. The predicted molar refractivity (Wildman–Crippen MR) is 161 cm³/mol. The number of nitrogens with one attached hydrogen (secondary N) is 1. The van der Waals surface area contributed by atoms with E-state index >= 15 is 0 Å². The first kappa shape index (κ1) is 31.8. The molecular weight excluding hydrogens is 541 g/mol. The lowest BCUT2D eigenvalue weighted by Crippen LogP contribution is -2.51. The van der Waals surface area contributed by atoms with Gasteiger partial charge in [0.1, 0.15) is 18.4 Å². The third kappa shape index (κ3) is 8.39. The number of hydrogen-bond donors (Lipinski definition) is 1. The number of amides is 2. The number of nitrogens with zero attached hydrogens (tertiary/aromatic N) is 2. The van der Waals surface area contributed by atoms with Crippen molar-refractivity contribution in [2.24, 2.45) is 0 Å². The Morgan fingerprint density at radius 2 is 1.51 bits per heavy atom. The van der Waals surface area contributed by atoms with Gasteiger partial charge in [-0.1, -0.05) is 69.2 Å². The van der Waals surface area contributed by atoms with E-state index in [-0.39, 0.29) is 23.3 Å². The number of halogens is 1. The highest BCUT2D eigenvalue weighted by atomic mass is 32.2. The second-order valence-corrected chi connectivity index (χ2v) is 12.4. The summed E-state index contributed by atoms with van der Waals surface area (Å²) in [5.41, 5.74) is 2.89. The summed E-state index contributed by atoms with van der Waals surface area (Å²) < 4.78 is 42.5. The second-order valence-electron chi connectivity index (χ2n) is 10.5. The van der Waals surface area contributed by atoms with Crippen LogP contribution in [0.15, 0.2) is 77.7 Å². The molecule has 3 rings (SSSR count). The van der Waals surface area contributed by atoms with Crippen molar-refractivity contribution in [3.63, 3.8) is 0 Å². The first-order valence-electron chi connectivity index (χ1n) is 13.9. The maximum absolute atomic E-state index is 13.9. The Kier molecular flexibility index (Phi) is 11.1. The van der Waals surface area contributed by atoms with Crippen LogP contribution in [-0.2, 0) is 26.2 Å². The van der Waals surface area contributed by atoms with Gasteiger partial charge in [0.15, 0.2) is 0 Å². The molecule has 0 saturated carbocycles. The zero-order valence-corrected chi connectivity index (χ0v) is 25.2. The summed E-state index contributed by atoms with van der Waals surface area (Å²) in [4.78, 5) is 28.4. The number of anilines is 1. The molecule has 0 aliphatic rings. The van der Waals surface area contributed by atoms with Crippen molar-refractivity contribution in [2.45, 2.75) is 70.9 Å². The molecule has 220 valence electrons. The van der Waals surface area contributed by atoms with E-state index in [0.717, 1.165) is 28.3 Å². The normalized spacial score (nSPS) is 12.2. The molecule has 9 heteroatoms. The number of hydrogen-bond acceptors (Lipinski definition) is 4. The molecule has 1 N–H and O–H groups in total. The van der Waals surface area contributed by atoms with E-state index in [0.29, 0.717) is 17.8 Å². The van der Waals surface area contributed by atoms with E-state index in [1.165, 1.54) is 29.2 Å². The van der Waals surface area contributed by atoms with Crippen LogP contribution in [0.4, 0.5) is 10.1 Å². The second kappa shape index (κ2) is 14.3. The lowest BCUT2D eigenvalue weighted by molar-refractivity contribution is -0.139. The predicted octanol–water partition coefficient (Wildman–Crippen LogP) is 5.79. The largest absolute Gasteiger partial charge is 0.354 e. The van der Waals surface area contributed by atoms with Gasteiger partial charge < -0.3 is 10.2 Å². The van der Waals surface area contributed by atoms with Crippen molar-refractivity contribution >= 4 is 27.5 Å². The van der Waals surface area contributed by atoms with Crippen LogP contribution in [0.5, 0.6) is 0 Å². The average Bonchev–Trinajstić information content (AvgIpc) is 2.95. The average molecular weight is 582 g/mol. The minimum Gasteiger partial charge on any atom is -0.354 e. The first-order chi connectivity index (χ1) is 19.4. The molecular formula is C32H40FN3O4S. The minimum absolute atomic E-state index is 0.00614. The fraction of sp³-hybridized carbons (Fsp3) is 0.375. The molecule has 0 fully saturated rings. The third-order valence-corrected chi connectivity index (χ3v) is 8.79. The Bertz CT molecular complexity index is 1410. The van der Waals surface area contributed by atoms with E-state index in [4.69, 9.17) is 0 Å². The molecule has 3 aromatic carbocycles. The fourth-order valence-corrected chi connectivity index (χ4v) is 5.71. The van der Waals surface area contributed by atoms with Crippen molar-refractivity contribution in [3.8, 4) is 0 Å². The van der Waals surface area contributed by atoms with E-state index in [1.54, 1.807) is 43.3 Å². The van der Waals surface area contributed by atoms with E-state index in [9.17, 15) is 22.4 Å². The quantitative estimate of drug-likeness (QED) is 0.259. The standard InChI is InChI=1S/C32H40FN3O4S/c1-6-7-20-34-32(38)25(5)35(21-26-10-14-28(33)15-11-26)31(37)22-36(29-16-12-27(13-17-29)23(2)3)41(39,40)30-18-8-24(4)9-19-30/h8-19,23,25H,6-7,20-22H2,1-5H3,(H,34,38)/t25-/m1/s1. The molecule has 0 aliphatic heterocycles. The van der Waals surface area contributed by atoms with Crippen LogP contribution in [0.3, 0.4) is 0 Å². The number of carbonyl (C=O) groups is 2. The summed E-state index contributed by atoms with van der Waals surface area (Å²) in [5.74, 6) is -1.08. The van der Waals surface area contributed by atoms with Crippen LogP contribution < -0.4 is 9.62 Å². The van der Waals surface area contributed by atoms with Crippen molar-refractivity contribution in [1.82, 2.24) is 10.2 Å². The summed E-state index contributed by atoms with van der Waals surface area (Å²) in [6, 6.07) is 18.3. The fourth-order valence-electron chi connectivity index (χ4n) is 4.30. The van der Waals surface area contributed by atoms with Gasteiger partial charge in [0.2, 0.25) is 11.8 Å². The molecule has 0 radical (unpaired) electrons. The smallest absolute Gasteiger partial charge is 0.264 e. The SMILES string of the molecule is CCCCNC(=O)[C@@H](C)N(Cc1ccc(F)cc1)C(=O)CN(c1ccc(C(C)C)cc1)S(=O)(=O)c1ccc(C)cc1. The molecule has 2 amide bonds. The van der Waals surface area contributed by atoms with Gasteiger partial charge in [-0.15, -0.1) is 0 Å². The van der Waals surface area contributed by atoms with Gasteiger partial charge in [0, 0.05) is 13.1 Å². The topological polar surface area (TPSA) is 86.8 Å². The zero-order valence-electron chi connectivity index (χ0n) is 24.4. The highest BCUT2D eigenvalue weighted by molar-refractivity contribution is 7.92. The molecule has 7 nitrogen and oxygen atoms in total. The molecule has 0 spiro atoms. The summed E-state index contributed by atoms with van der Waals surface area (Å²) in [6.45, 7) is 9.52. The maximum Gasteiger partial charge on any atom is 0.264 e. The van der Waals surface area contributed by atoms with Crippen molar-refractivity contribution in [2.75, 3.05) is 17.4 Å². The van der Waals surface area contributed by atoms with Gasteiger partial charge in [-0.3, -0.25) is 13.9 Å². The summed E-state index contributed by atoms with van der Waals surface area (Å²) >= 11 is 0. The summed E-state index contributed by atoms with van der Waals surface area (Å²) in [6.07, 6.45) is 1.69. The summed E-state index contributed by atoms with van der Waals surface area (Å²) in [5, 5.41) is 2.85. The van der Waals surface area contributed by atoms with Gasteiger partial charge in [-0.25, -0.2) is 12.8 Å². The van der Waals surface area contributed by atoms with Crippen LogP contribution in [0.25, 0.3) is 0 Å². The van der Waals surface area contributed by atoms with Gasteiger partial charge in [0.25, 0.3) is 10.0 Å². The monoisotopic (exact) mass is 581 g/mol. The Morgan fingerprint density at radius 1 is 0.902 bits per heavy atom. The Hall–Kier alpha value is -3.72. The molecule has 0 unspecified atom stereocenters. The first-order valence-corrected chi connectivity index (χ1v) is 15.4. The number of benzene rings is 3. The van der Waals surface area contributed by atoms with Crippen molar-refractivity contribution in [1.29, 1.82) is 0 Å². The van der Waals surface area contributed by atoms with E-state index in [2.05, 4.69) is 5.32 Å². The molecule has 0 aliphatic carbocycles. The summed E-state index contributed by atoms with van der Waals surface area (Å²) in [7, 11) is -4.14. The number of rotatable bonds is 13. The molecule has 3 aromatic rings. The lowest BCUT2D eigenvalue weighted by atomic mass is 10.0. The lowest BCUT2D eigenvalue weighted by Gasteiger charge is -2.32. The Morgan fingerprint density at radius 3 is 2.07 bits per heavy atom. The Labute approximate surface area is 243 Å². The van der Waals surface area contributed by atoms with Crippen LogP contribution in [0, 0.1) is 12.7 Å². The Balaban J connectivity index is 2.01. The van der Waals surface area contributed by atoms with Crippen molar-refractivity contribution in [3.05, 3.63) is 95.3 Å². The maximum atomic E-state index is 13.9. The third-order valence-electron chi connectivity index (χ3n) is 7.00. The molecule has 0 saturated heterocycles. The van der Waals surface area contributed by atoms with Gasteiger partial charge >= 0.3 is 0 Å². The minimum atomic E-state index is -4.14. The van der Waals surface area contributed by atoms with E-state index < -0.39 is 34.3 Å². The van der Waals surface area contributed by atoms with Gasteiger partial charge in [-0.2, -0.15) is 0 Å². The highest BCUT2D eigenvalue weighted by Gasteiger charge is 2.32.